The second-order valence-corrected chi connectivity index (χ2v) is 10.8. The maximum absolute atomic E-state index is 15.1. The Balaban J connectivity index is 1.69. The topological polar surface area (TPSA) is 95.3 Å². The van der Waals surface area contributed by atoms with E-state index in [2.05, 4.69) is 20.2 Å². The van der Waals surface area contributed by atoms with Crippen molar-refractivity contribution in [3.05, 3.63) is 46.1 Å². The first-order chi connectivity index (χ1) is 19.2. The van der Waals surface area contributed by atoms with Gasteiger partial charge in [-0.1, -0.05) is 0 Å². The minimum Gasteiger partial charge on any atom is -0.382 e. The van der Waals surface area contributed by atoms with E-state index in [0.717, 1.165) is 25.7 Å². The van der Waals surface area contributed by atoms with Crippen LogP contribution >= 0.6 is 0 Å². The quantitative estimate of drug-likeness (QED) is 0.251. The number of nitrogens with one attached hydrogen (secondary N) is 2. The van der Waals surface area contributed by atoms with Gasteiger partial charge in [-0.25, -0.2) is 18.2 Å². The number of aromatic nitrogens is 3. The molecule has 0 aliphatic heterocycles. The van der Waals surface area contributed by atoms with Gasteiger partial charge >= 0.3 is 6.18 Å². The Morgan fingerprint density at radius 3 is 2.32 bits per heavy atom. The lowest BCUT2D eigenvalue weighted by molar-refractivity contribution is -0.198. The lowest BCUT2D eigenvalue weighted by Gasteiger charge is -2.33. The van der Waals surface area contributed by atoms with Crippen LogP contribution in [0.3, 0.4) is 0 Å². The zero-order chi connectivity index (χ0) is 30.2. The number of hydrogen-bond acceptors (Lipinski definition) is 7. The number of fused-ring (bicyclic) bond motifs is 1. The summed E-state index contributed by atoms with van der Waals surface area (Å²) in [5.74, 6) is -4.60. The number of aliphatic hydroxyl groups excluding tert-OH is 1. The van der Waals surface area contributed by atoms with Crippen LogP contribution in [0.1, 0.15) is 45.6 Å². The molecular formula is C27H32F6N6O2. The smallest absolute Gasteiger partial charge is 0.382 e. The first-order valence-corrected chi connectivity index (χ1v) is 13.2. The van der Waals surface area contributed by atoms with Gasteiger partial charge in [0.2, 0.25) is 5.95 Å². The Hall–Kier alpha value is -3.39. The van der Waals surface area contributed by atoms with Crippen LogP contribution in [0.2, 0.25) is 0 Å². The van der Waals surface area contributed by atoms with Gasteiger partial charge in [0.15, 0.2) is 17.7 Å². The Kier molecular flexibility index (Phi) is 8.83. The predicted octanol–water partition coefficient (Wildman–Crippen LogP) is 5.08. The summed E-state index contributed by atoms with van der Waals surface area (Å²) in [7, 11) is 4.10. The lowest BCUT2D eigenvalue weighted by atomic mass is 9.91. The molecule has 1 aliphatic carbocycles. The average Bonchev–Trinajstić information content (AvgIpc) is 2.89. The zero-order valence-corrected chi connectivity index (χ0v) is 23.0. The zero-order valence-electron chi connectivity index (χ0n) is 23.0. The molecule has 1 aliphatic rings. The summed E-state index contributed by atoms with van der Waals surface area (Å²) < 4.78 is 83.7. The third-order valence-corrected chi connectivity index (χ3v) is 7.35. The van der Waals surface area contributed by atoms with E-state index in [9.17, 15) is 26.7 Å². The number of benzene rings is 1. The number of hydrogen-bond donors (Lipinski definition) is 3. The molecule has 14 heteroatoms. The first-order valence-electron chi connectivity index (χ1n) is 13.2. The van der Waals surface area contributed by atoms with E-state index < -0.39 is 59.1 Å². The number of alkyl halides is 3. The van der Waals surface area contributed by atoms with Gasteiger partial charge in [0, 0.05) is 41.8 Å². The predicted molar refractivity (Wildman–Crippen MR) is 143 cm³/mol. The summed E-state index contributed by atoms with van der Waals surface area (Å²) in [6.45, 7) is 2.08. The highest BCUT2D eigenvalue weighted by molar-refractivity contribution is 5.82. The van der Waals surface area contributed by atoms with E-state index in [-0.39, 0.29) is 17.3 Å². The monoisotopic (exact) mass is 586 g/mol. The molecule has 8 nitrogen and oxygen atoms in total. The van der Waals surface area contributed by atoms with Crippen molar-refractivity contribution >= 4 is 22.7 Å². The van der Waals surface area contributed by atoms with Gasteiger partial charge in [-0.15, -0.1) is 0 Å². The molecule has 41 heavy (non-hydrogen) atoms. The minimum atomic E-state index is -5.05. The summed E-state index contributed by atoms with van der Waals surface area (Å²) in [6.07, 6.45) is -2.71. The standard InChI is InChI=1S/C27H32F6N6O2/c1-13(2)39-24-14(11-35-26(37-24)36-15-5-7-16(8-6-15)38(3)4)9-18(25(39)41)17-10-19(28)23(22(30)21(17)29)34-12-20(40)27(31,32)33/h9-11,13,15-16,20,34,40H,5-8,12H2,1-4H3,(H,35,36,37)/t15?,16?,20-/m1/s1. The molecule has 0 spiro atoms. The molecule has 4 rings (SSSR count). The van der Waals surface area contributed by atoms with Crippen LogP contribution in [0.4, 0.5) is 38.0 Å². The molecular weight excluding hydrogens is 554 g/mol. The van der Waals surface area contributed by atoms with Crippen LogP contribution < -0.4 is 16.2 Å². The van der Waals surface area contributed by atoms with Crippen LogP contribution in [-0.4, -0.2) is 69.5 Å². The van der Waals surface area contributed by atoms with Gasteiger partial charge in [0.1, 0.15) is 17.2 Å². The number of nitrogens with zero attached hydrogens (tertiary/aromatic N) is 4. The summed E-state index contributed by atoms with van der Waals surface area (Å²) in [5, 5.41) is 14.5. The highest BCUT2D eigenvalue weighted by Crippen LogP contribution is 2.32. The Morgan fingerprint density at radius 1 is 1.07 bits per heavy atom. The van der Waals surface area contributed by atoms with Crippen molar-refractivity contribution in [2.75, 3.05) is 31.3 Å². The number of pyridine rings is 1. The number of rotatable bonds is 8. The molecule has 1 saturated carbocycles. The molecule has 0 unspecified atom stereocenters. The van der Waals surface area contributed by atoms with Gasteiger partial charge in [0.25, 0.3) is 5.56 Å². The molecule has 1 aromatic carbocycles. The summed E-state index contributed by atoms with van der Waals surface area (Å²) >= 11 is 0. The fourth-order valence-electron chi connectivity index (χ4n) is 5.05. The molecule has 3 N–H and O–H groups in total. The lowest BCUT2D eigenvalue weighted by Crippen LogP contribution is -2.36. The Morgan fingerprint density at radius 2 is 1.73 bits per heavy atom. The summed E-state index contributed by atoms with van der Waals surface area (Å²) in [4.78, 5) is 24.6. The van der Waals surface area contributed by atoms with E-state index >= 15 is 4.39 Å². The van der Waals surface area contributed by atoms with E-state index in [0.29, 0.717) is 23.4 Å². The molecule has 224 valence electrons. The fraction of sp³-hybridized carbons (Fsp3) is 0.519. The normalized spacial score (nSPS) is 18.8. The highest BCUT2D eigenvalue weighted by atomic mass is 19.4. The van der Waals surface area contributed by atoms with Crippen molar-refractivity contribution in [1.29, 1.82) is 0 Å². The van der Waals surface area contributed by atoms with Crippen molar-refractivity contribution in [3.63, 3.8) is 0 Å². The third kappa shape index (κ3) is 6.43. The highest BCUT2D eigenvalue weighted by Gasteiger charge is 2.38. The largest absolute Gasteiger partial charge is 0.416 e. The molecule has 1 atom stereocenters. The molecule has 0 radical (unpaired) electrons. The SMILES string of the molecule is CC(C)n1c(=O)c(-c2cc(F)c(NC[C@@H](O)C(F)(F)F)c(F)c2F)cc2cnc(NC3CCC(N(C)C)CC3)nc21. The Labute approximate surface area is 232 Å². The van der Waals surface area contributed by atoms with Gasteiger partial charge in [-0.2, -0.15) is 18.2 Å². The number of halogens is 6. The molecule has 0 saturated heterocycles. The van der Waals surface area contributed by atoms with Gasteiger partial charge in [0.05, 0.1) is 5.56 Å². The van der Waals surface area contributed by atoms with E-state index in [1.165, 1.54) is 16.8 Å². The number of aliphatic hydroxyl groups is 1. The molecule has 0 bridgehead atoms. The van der Waals surface area contributed by atoms with E-state index in [4.69, 9.17) is 5.11 Å². The Bertz CT molecular complexity index is 1470. The van der Waals surface area contributed by atoms with Crippen LogP contribution in [0, 0.1) is 17.5 Å². The van der Waals surface area contributed by atoms with Crippen molar-refractivity contribution in [1.82, 2.24) is 19.4 Å². The minimum absolute atomic E-state index is 0.145. The van der Waals surface area contributed by atoms with Crippen molar-refractivity contribution in [2.45, 2.75) is 69.9 Å². The van der Waals surface area contributed by atoms with Gasteiger partial charge < -0.3 is 20.6 Å². The third-order valence-electron chi connectivity index (χ3n) is 7.35. The van der Waals surface area contributed by atoms with Crippen LogP contribution in [0.15, 0.2) is 23.1 Å². The first kappa shape index (κ1) is 30.6. The maximum Gasteiger partial charge on any atom is 0.416 e. The summed E-state index contributed by atoms with van der Waals surface area (Å²) in [5.41, 5.74) is -2.82. The fourth-order valence-corrected chi connectivity index (χ4v) is 5.05. The second-order valence-electron chi connectivity index (χ2n) is 10.8. The van der Waals surface area contributed by atoms with Crippen LogP contribution in [0.5, 0.6) is 0 Å². The summed E-state index contributed by atoms with van der Waals surface area (Å²) in [6, 6.07) is 1.91. The molecule has 3 aromatic rings. The molecule has 2 heterocycles. The van der Waals surface area contributed by atoms with Crippen LogP contribution in [0.25, 0.3) is 22.2 Å². The van der Waals surface area contributed by atoms with Crippen molar-refractivity contribution < 1.29 is 31.4 Å². The van der Waals surface area contributed by atoms with E-state index in [1.807, 2.05) is 14.1 Å². The van der Waals surface area contributed by atoms with Gasteiger partial charge in [-0.3, -0.25) is 9.36 Å². The average molecular weight is 587 g/mol. The van der Waals surface area contributed by atoms with Crippen molar-refractivity contribution in [3.8, 4) is 11.1 Å². The second kappa shape index (κ2) is 11.8. The number of anilines is 2. The molecule has 2 aromatic heterocycles. The van der Waals surface area contributed by atoms with E-state index in [1.54, 1.807) is 19.2 Å². The maximum atomic E-state index is 15.1. The van der Waals surface area contributed by atoms with Gasteiger partial charge in [-0.05, 0) is 65.8 Å². The molecule has 1 fully saturated rings. The van der Waals surface area contributed by atoms with Crippen LogP contribution in [-0.2, 0) is 0 Å². The van der Waals surface area contributed by atoms with Crippen molar-refractivity contribution in [2.24, 2.45) is 0 Å². The molecule has 0 amide bonds.